The molecule has 0 atom stereocenters. The van der Waals surface area contributed by atoms with Crippen molar-refractivity contribution < 1.29 is 4.79 Å². The molecule has 0 aliphatic rings. The first-order valence-electron chi connectivity index (χ1n) is 4.06. The first-order valence-corrected chi connectivity index (χ1v) is 4.06. The van der Waals surface area contributed by atoms with Crippen molar-refractivity contribution in [2.24, 2.45) is 5.73 Å². The van der Waals surface area contributed by atoms with Gasteiger partial charge in [-0.05, 0) is 13.0 Å². The summed E-state index contributed by atoms with van der Waals surface area (Å²) in [6.45, 7) is 1.21. The lowest BCUT2D eigenvalue weighted by Crippen LogP contribution is -2.29. The number of carbonyl (C=O) groups is 1. The maximum Gasteiger partial charge on any atom is 0.290 e. The van der Waals surface area contributed by atoms with Crippen molar-refractivity contribution in [2.45, 2.75) is 6.42 Å². The number of nitrogens with zero attached hydrogens (tertiary/aromatic N) is 3. The molecule has 0 fully saturated rings. The number of rotatable bonds is 4. The maximum atomic E-state index is 11.5. The summed E-state index contributed by atoms with van der Waals surface area (Å²) in [6.07, 6.45) is 2.10. The minimum Gasteiger partial charge on any atom is -0.339 e. The summed E-state index contributed by atoms with van der Waals surface area (Å²) in [5.74, 6) is 0.102. The van der Waals surface area contributed by atoms with Crippen molar-refractivity contribution in [3.05, 3.63) is 12.2 Å². The normalized spacial score (nSPS) is 10.0. The highest BCUT2D eigenvalue weighted by Crippen LogP contribution is 1.95. The fourth-order valence-electron chi connectivity index (χ4n) is 0.919. The third-order valence-corrected chi connectivity index (χ3v) is 1.66. The lowest BCUT2D eigenvalue weighted by molar-refractivity contribution is 0.0783. The summed E-state index contributed by atoms with van der Waals surface area (Å²) in [7, 11) is 1.71. The van der Waals surface area contributed by atoms with Gasteiger partial charge in [0.25, 0.3) is 5.91 Å². The molecule has 1 aromatic rings. The van der Waals surface area contributed by atoms with E-state index in [1.165, 1.54) is 6.33 Å². The maximum absolute atomic E-state index is 11.5. The van der Waals surface area contributed by atoms with Gasteiger partial charge in [-0.2, -0.15) is 5.10 Å². The Morgan fingerprint density at radius 2 is 2.54 bits per heavy atom. The number of hydrogen-bond acceptors (Lipinski definition) is 4. The molecule has 1 aromatic heterocycles. The molecule has 0 radical (unpaired) electrons. The van der Waals surface area contributed by atoms with Crippen molar-refractivity contribution in [1.29, 1.82) is 0 Å². The minimum absolute atomic E-state index is 0.161. The molecular weight excluding hydrogens is 170 g/mol. The Labute approximate surface area is 76.1 Å². The van der Waals surface area contributed by atoms with E-state index in [0.717, 1.165) is 6.42 Å². The summed E-state index contributed by atoms with van der Waals surface area (Å²) >= 11 is 0. The highest BCUT2D eigenvalue weighted by molar-refractivity contribution is 5.90. The fraction of sp³-hybridized carbons (Fsp3) is 0.571. The predicted molar refractivity (Wildman–Crippen MR) is 47.0 cm³/mol. The third kappa shape index (κ3) is 2.51. The van der Waals surface area contributed by atoms with Crippen molar-refractivity contribution in [2.75, 3.05) is 20.1 Å². The second kappa shape index (κ2) is 4.56. The van der Waals surface area contributed by atoms with Crippen LogP contribution in [0.15, 0.2) is 6.33 Å². The van der Waals surface area contributed by atoms with Crippen LogP contribution in [0.25, 0.3) is 0 Å². The lowest BCUT2D eigenvalue weighted by Gasteiger charge is -2.14. The first-order chi connectivity index (χ1) is 6.25. The number of aromatic amines is 1. The van der Waals surface area contributed by atoms with Crippen LogP contribution in [0.2, 0.25) is 0 Å². The molecule has 0 aliphatic heterocycles. The number of nitrogens with one attached hydrogen (secondary N) is 1. The van der Waals surface area contributed by atoms with E-state index in [0.29, 0.717) is 13.1 Å². The van der Waals surface area contributed by atoms with Crippen molar-refractivity contribution >= 4 is 5.91 Å². The van der Waals surface area contributed by atoms with Gasteiger partial charge >= 0.3 is 0 Å². The molecular formula is C7H13N5O. The Morgan fingerprint density at radius 3 is 3.08 bits per heavy atom. The van der Waals surface area contributed by atoms with E-state index in [-0.39, 0.29) is 11.7 Å². The Kier molecular flexibility index (Phi) is 3.39. The molecule has 6 nitrogen and oxygen atoms in total. The van der Waals surface area contributed by atoms with E-state index in [1.807, 2.05) is 0 Å². The zero-order valence-electron chi connectivity index (χ0n) is 7.53. The molecule has 6 heteroatoms. The van der Waals surface area contributed by atoms with Crippen molar-refractivity contribution in [3.63, 3.8) is 0 Å². The van der Waals surface area contributed by atoms with Gasteiger partial charge in [-0.3, -0.25) is 9.89 Å². The Hall–Kier alpha value is -1.43. The smallest absolute Gasteiger partial charge is 0.290 e. The van der Waals surface area contributed by atoms with Gasteiger partial charge in [-0.1, -0.05) is 0 Å². The number of amides is 1. The van der Waals surface area contributed by atoms with Crippen LogP contribution in [0.5, 0.6) is 0 Å². The standard InChI is InChI=1S/C7H13N5O/c1-12(4-2-3-8)7(13)6-9-5-10-11-6/h5H,2-4,8H2,1H3,(H,9,10,11). The SMILES string of the molecule is CN(CCCN)C(=O)c1ncn[nH]1. The van der Waals surface area contributed by atoms with E-state index < -0.39 is 0 Å². The van der Waals surface area contributed by atoms with Crippen molar-refractivity contribution in [1.82, 2.24) is 20.1 Å². The van der Waals surface area contributed by atoms with Crippen LogP contribution >= 0.6 is 0 Å². The quantitative estimate of drug-likeness (QED) is 0.641. The molecule has 1 amide bonds. The second-order valence-electron chi connectivity index (χ2n) is 2.70. The molecule has 13 heavy (non-hydrogen) atoms. The van der Waals surface area contributed by atoms with Crippen LogP contribution < -0.4 is 5.73 Å². The summed E-state index contributed by atoms with van der Waals surface area (Å²) in [4.78, 5) is 16.8. The highest BCUT2D eigenvalue weighted by atomic mass is 16.2. The molecule has 1 rings (SSSR count). The number of H-pyrrole nitrogens is 1. The van der Waals surface area contributed by atoms with Crippen LogP contribution in [0.1, 0.15) is 17.0 Å². The summed E-state index contributed by atoms with van der Waals surface area (Å²) in [5, 5.41) is 6.11. The highest BCUT2D eigenvalue weighted by Gasteiger charge is 2.13. The average molecular weight is 183 g/mol. The lowest BCUT2D eigenvalue weighted by atomic mass is 10.4. The third-order valence-electron chi connectivity index (χ3n) is 1.66. The van der Waals surface area contributed by atoms with Gasteiger partial charge < -0.3 is 10.6 Å². The molecule has 72 valence electrons. The van der Waals surface area contributed by atoms with Gasteiger partial charge in [0.15, 0.2) is 0 Å². The van der Waals surface area contributed by atoms with Crippen LogP contribution in [-0.4, -0.2) is 46.1 Å². The molecule has 1 heterocycles. The number of nitrogens with two attached hydrogens (primary N) is 1. The topological polar surface area (TPSA) is 87.9 Å². The van der Waals surface area contributed by atoms with Gasteiger partial charge in [0.2, 0.25) is 5.82 Å². The van der Waals surface area contributed by atoms with E-state index in [1.54, 1.807) is 11.9 Å². The van der Waals surface area contributed by atoms with Crippen molar-refractivity contribution in [3.8, 4) is 0 Å². The molecule has 0 saturated carbocycles. The van der Waals surface area contributed by atoms with E-state index >= 15 is 0 Å². The fourth-order valence-corrected chi connectivity index (χ4v) is 0.919. The molecule has 0 aliphatic carbocycles. The van der Waals surface area contributed by atoms with Gasteiger partial charge in [-0.25, -0.2) is 4.98 Å². The van der Waals surface area contributed by atoms with Gasteiger partial charge in [0.1, 0.15) is 6.33 Å². The van der Waals surface area contributed by atoms with Crippen LogP contribution in [0, 0.1) is 0 Å². The van der Waals surface area contributed by atoms with E-state index in [4.69, 9.17) is 5.73 Å². The monoisotopic (exact) mass is 183 g/mol. The van der Waals surface area contributed by atoms with E-state index in [9.17, 15) is 4.79 Å². The average Bonchev–Trinajstić information content (AvgIpc) is 2.65. The van der Waals surface area contributed by atoms with Crippen LogP contribution in [0.4, 0.5) is 0 Å². The zero-order chi connectivity index (χ0) is 9.68. The zero-order valence-corrected chi connectivity index (χ0v) is 7.53. The molecule has 0 spiro atoms. The Balaban J connectivity index is 2.48. The molecule has 0 unspecified atom stereocenters. The van der Waals surface area contributed by atoms with E-state index in [2.05, 4.69) is 15.2 Å². The van der Waals surface area contributed by atoms with Crippen LogP contribution in [0.3, 0.4) is 0 Å². The number of hydrogen-bond donors (Lipinski definition) is 2. The van der Waals surface area contributed by atoms with Crippen LogP contribution in [-0.2, 0) is 0 Å². The minimum atomic E-state index is -0.161. The molecule has 0 saturated heterocycles. The Morgan fingerprint density at radius 1 is 1.77 bits per heavy atom. The second-order valence-corrected chi connectivity index (χ2v) is 2.70. The first kappa shape index (κ1) is 9.66. The number of aromatic nitrogens is 3. The Bertz CT molecular complexity index is 258. The molecule has 3 N–H and O–H groups in total. The molecule has 0 aromatic carbocycles. The van der Waals surface area contributed by atoms with Gasteiger partial charge in [0, 0.05) is 13.6 Å². The van der Waals surface area contributed by atoms with Gasteiger partial charge in [-0.15, -0.1) is 0 Å². The number of carbonyl (C=O) groups excluding carboxylic acids is 1. The molecule has 0 bridgehead atoms. The summed E-state index contributed by atoms with van der Waals surface area (Å²) in [5.41, 5.74) is 5.32. The van der Waals surface area contributed by atoms with Gasteiger partial charge in [0.05, 0.1) is 0 Å². The summed E-state index contributed by atoms with van der Waals surface area (Å²) < 4.78 is 0. The largest absolute Gasteiger partial charge is 0.339 e. The summed E-state index contributed by atoms with van der Waals surface area (Å²) in [6, 6.07) is 0. The predicted octanol–water partition coefficient (Wildman–Crippen LogP) is -0.774.